The normalized spacial score (nSPS) is 26.9. The number of oxime groups is 1. The highest BCUT2D eigenvalue weighted by Gasteiger charge is 2.36. The van der Waals surface area contributed by atoms with Crippen LogP contribution < -0.4 is 0 Å². The maximum absolute atomic E-state index is 12.6. The fraction of sp³-hybridized carbons (Fsp3) is 0.562. The molecule has 23 heavy (non-hydrogen) atoms. The molecule has 0 unspecified atom stereocenters. The van der Waals surface area contributed by atoms with Crippen molar-refractivity contribution < 1.29 is 18.0 Å². The highest BCUT2D eigenvalue weighted by atomic mass is 19.4. The molecular formula is C16H18BF3N2O. The lowest BCUT2D eigenvalue weighted by atomic mass is 9.90. The van der Waals surface area contributed by atoms with Crippen LogP contribution in [0.2, 0.25) is 0 Å². The summed E-state index contributed by atoms with van der Waals surface area (Å²) in [4.78, 5) is 7.62. The largest absolute Gasteiger partial charge is 0.416 e. The van der Waals surface area contributed by atoms with Crippen molar-refractivity contribution in [2.24, 2.45) is 11.1 Å². The van der Waals surface area contributed by atoms with E-state index in [1.165, 1.54) is 0 Å². The second-order valence-electron chi connectivity index (χ2n) is 6.27. The van der Waals surface area contributed by atoms with Crippen molar-refractivity contribution in [3.8, 4) is 0 Å². The average Bonchev–Trinajstić information content (AvgIpc) is 3.14. The van der Waals surface area contributed by atoms with Crippen molar-refractivity contribution in [3.63, 3.8) is 0 Å². The van der Waals surface area contributed by atoms with Crippen LogP contribution in [0.5, 0.6) is 0 Å². The molecule has 2 aliphatic heterocycles. The van der Waals surface area contributed by atoms with Crippen LogP contribution in [0, 0.1) is 5.92 Å². The van der Waals surface area contributed by atoms with E-state index in [1.807, 2.05) is 6.92 Å². The van der Waals surface area contributed by atoms with E-state index < -0.39 is 11.7 Å². The Morgan fingerprint density at radius 2 is 2.00 bits per heavy atom. The quantitative estimate of drug-likeness (QED) is 0.797. The Hall–Kier alpha value is -1.50. The molecule has 0 spiro atoms. The lowest BCUT2D eigenvalue weighted by molar-refractivity contribution is -0.137. The van der Waals surface area contributed by atoms with Gasteiger partial charge in [0.2, 0.25) is 0 Å². The molecule has 1 aromatic rings. The van der Waals surface area contributed by atoms with E-state index in [9.17, 15) is 13.2 Å². The average molecular weight is 322 g/mol. The predicted octanol–water partition coefficient (Wildman–Crippen LogP) is 3.36. The van der Waals surface area contributed by atoms with Crippen LogP contribution in [-0.4, -0.2) is 37.6 Å². The molecule has 1 fully saturated rings. The van der Waals surface area contributed by atoms with Crippen molar-refractivity contribution in [3.05, 3.63) is 35.4 Å². The second kappa shape index (κ2) is 6.19. The number of nitrogens with zero attached hydrogens (tertiary/aromatic N) is 2. The minimum absolute atomic E-state index is 0.0276. The maximum Gasteiger partial charge on any atom is 0.416 e. The Morgan fingerprint density at radius 1 is 1.30 bits per heavy atom. The number of benzene rings is 1. The monoisotopic (exact) mass is 322 g/mol. The van der Waals surface area contributed by atoms with Crippen molar-refractivity contribution in [1.82, 2.24) is 4.90 Å². The van der Waals surface area contributed by atoms with E-state index in [0.29, 0.717) is 17.9 Å². The summed E-state index contributed by atoms with van der Waals surface area (Å²) in [6.07, 6.45) is -2.62. The Bertz CT molecular complexity index is 588. The lowest BCUT2D eigenvalue weighted by Crippen LogP contribution is -2.28. The minimum Gasteiger partial charge on any atom is -0.393 e. The molecule has 0 amide bonds. The minimum atomic E-state index is -4.29. The van der Waals surface area contributed by atoms with Gasteiger partial charge in [-0.05, 0) is 37.6 Å². The highest BCUT2D eigenvalue weighted by Crippen LogP contribution is 2.34. The molecule has 0 N–H and O–H groups in total. The van der Waals surface area contributed by atoms with Gasteiger partial charge in [-0.3, -0.25) is 4.90 Å². The molecule has 0 saturated carbocycles. The first-order chi connectivity index (χ1) is 10.8. The molecule has 122 valence electrons. The van der Waals surface area contributed by atoms with Gasteiger partial charge in [0.1, 0.15) is 14.0 Å². The van der Waals surface area contributed by atoms with Gasteiger partial charge >= 0.3 is 6.18 Å². The van der Waals surface area contributed by atoms with Crippen molar-refractivity contribution in [2.75, 3.05) is 13.1 Å². The van der Waals surface area contributed by atoms with E-state index in [4.69, 9.17) is 12.7 Å². The zero-order valence-corrected chi connectivity index (χ0v) is 12.9. The van der Waals surface area contributed by atoms with Gasteiger partial charge < -0.3 is 4.84 Å². The Morgan fingerprint density at radius 3 is 2.57 bits per heavy atom. The number of likely N-dealkylation sites (tertiary alicyclic amines) is 1. The summed E-state index contributed by atoms with van der Waals surface area (Å²) in [5.41, 5.74) is 0.811. The molecule has 0 aliphatic carbocycles. The van der Waals surface area contributed by atoms with Gasteiger partial charge in [0, 0.05) is 30.5 Å². The summed E-state index contributed by atoms with van der Waals surface area (Å²) in [7, 11) is 5.65. The fourth-order valence-electron chi connectivity index (χ4n) is 3.30. The molecular weight excluding hydrogens is 304 g/mol. The number of alkyl halides is 3. The number of rotatable bonds is 3. The van der Waals surface area contributed by atoms with Crippen LogP contribution in [0.25, 0.3) is 0 Å². The summed E-state index contributed by atoms with van der Waals surface area (Å²) >= 11 is 0. The number of hydrogen-bond donors (Lipinski definition) is 0. The van der Waals surface area contributed by atoms with Crippen LogP contribution in [0.15, 0.2) is 29.4 Å². The van der Waals surface area contributed by atoms with Crippen molar-refractivity contribution >= 4 is 13.5 Å². The molecule has 2 aliphatic rings. The van der Waals surface area contributed by atoms with Crippen LogP contribution in [0.1, 0.15) is 36.9 Å². The topological polar surface area (TPSA) is 24.8 Å². The molecule has 1 saturated heterocycles. The molecule has 7 heteroatoms. The molecule has 3 nitrogen and oxygen atoms in total. The van der Waals surface area contributed by atoms with Gasteiger partial charge in [0.25, 0.3) is 0 Å². The van der Waals surface area contributed by atoms with E-state index in [2.05, 4.69) is 10.1 Å². The smallest absolute Gasteiger partial charge is 0.393 e. The molecule has 3 rings (SSSR count). The summed E-state index contributed by atoms with van der Waals surface area (Å²) in [5, 5.41) is 3.79. The van der Waals surface area contributed by atoms with Gasteiger partial charge in [-0.25, -0.2) is 0 Å². The Balaban J connectivity index is 1.61. The Labute approximate surface area is 134 Å². The summed E-state index contributed by atoms with van der Waals surface area (Å²) in [6, 6.07) is 5.49. The van der Waals surface area contributed by atoms with Crippen LogP contribution in [0.3, 0.4) is 0 Å². The summed E-state index contributed by atoms with van der Waals surface area (Å²) in [5.74, 6) is 0.358. The Kier molecular flexibility index (Phi) is 4.40. The van der Waals surface area contributed by atoms with Gasteiger partial charge in [-0.1, -0.05) is 12.1 Å². The molecule has 2 radical (unpaired) electrons. The molecule has 3 atom stereocenters. The van der Waals surface area contributed by atoms with Crippen molar-refractivity contribution in [2.45, 2.75) is 38.1 Å². The van der Waals surface area contributed by atoms with Gasteiger partial charge in [-0.2, -0.15) is 13.2 Å². The van der Waals surface area contributed by atoms with E-state index >= 15 is 0 Å². The van der Waals surface area contributed by atoms with Gasteiger partial charge in [0.15, 0.2) is 0 Å². The highest BCUT2D eigenvalue weighted by molar-refractivity contribution is 6.59. The predicted molar refractivity (Wildman–Crippen MR) is 82.2 cm³/mol. The van der Waals surface area contributed by atoms with Crippen LogP contribution >= 0.6 is 0 Å². The number of halogens is 3. The standard InChI is InChI=1S/C16H18BF3N2O/c1-10(11-2-4-13(5-3-11)16(18,19)20)22-7-6-12(9-22)14-8-15(17)21-23-14/h2-5,10,12,14H,6-9H2,1H3/t10-,12+,14-/m0/s1. The first kappa shape index (κ1) is 16.4. The third-order valence-corrected chi connectivity index (χ3v) is 4.77. The van der Waals surface area contributed by atoms with Crippen molar-refractivity contribution in [1.29, 1.82) is 0 Å². The fourth-order valence-corrected chi connectivity index (χ4v) is 3.30. The maximum atomic E-state index is 12.6. The van der Waals surface area contributed by atoms with Gasteiger partial charge in [-0.15, -0.1) is 5.16 Å². The van der Waals surface area contributed by atoms with Gasteiger partial charge in [0.05, 0.1) is 5.56 Å². The number of hydrogen-bond acceptors (Lipinski definition) is 3. The first-order valence-electron chi connectivity index (χ1n) is 7.74. The molecule has 0 aromatic heterocycles. The molecule has 2 heterocycles. The SMILES string of the molecule is [B]C1=NO[C@H]([C@@H]2CCN([C@@H](C)c3ccc(C(F)(F)F)cc3)C2)C1. The zero-order valence-electron chi connectivity index (χ0n) is 12.9. The summed E-state index contributed by atoms with van der Waals surface area (Å²) in [6.45, 7) is 3.76. The van der Waals surface area contributed by atoms with E-state index in [0.717, 1.165) is 37.2 Å². The third-order valence-electron chi connectivity index (χ3n) is 4.77. The third kappa shape index (κ3) is 3.55. The summed E-state index contributed by atoms with van der Waals surface area (Å²) < 4.78 is 37.9. The van der Waals surface area contributed by atoms with E-state index in [1.54, 1.807) is 12.1 Å². The van der Waals surface area contributed by atoms with Crippen LogP contribution in [0.4, 0.5) is 13.2 Å². The molecule has 1 aromatic carbocycles. The van der Waals surface area contributed by atoms with Crippen LogP contribution in [-0.2, 0) is 11.0 Å². The lowest BCUT2D eigenvalue weighted by Gasteiger charge is -2.25. The van der Waals surface area contributed by atoms with E-state index in [-0.39, 0.29) is 12.1 Å². The molecule has 0 bridgehead atoms. The zero-order chi connectivity index (χ0) is 16.6. The first-order valence-corrected chi connectivity index (χ1v) is 7.74. The second-order valence-corrected chi connectivity index (χ2v) is 6.27.